The van der Waals surface area contributed by atoms with Crippen molar-refractivity contribution in [3.63, 3.8) is 0 Å². The number of nitrogens with zero attached hydrogens (tertiary/aromatic N) is 1. The van der Waals surface area contributed by atoms with Gasteiger partial charge < -0.3 is 9.72 Å². The van der Waals surface area contributed by atoms with Crippen LogP contribution in [0.15, 0.2) is 15.1 Å². The number of rotatable bonds is 4. The Kier molecular flexibility index (Phi) is 4.88. The average Bonchev–Trinajstić information content (AvgIpc) is 2.60. The number of hydrogen-bond acceptors (Lipinski definition) is 2. The summed E-state index contributed by atoms with van der Waals surface area (Å²) in [4.78, 5) is 5.78. The smallest absolute Gasteiger partial charge is 0.0966 e. The number of ether oxygens (including phenoxy) is 1. The fourth-order valence-electron chi connectivity index (χ4n) is 1.91. The molecular formula is C11H16Br2N2O. The van der Waals surface area contributed by atoms with Gasteiger partial charge in [-0.1, -0.05) is 0 Å². The van der Waals surface area contributed by atoms with Gasteiger partial charge in [0, 0.05) is 23.3 Å². The lowest BCUT2D eigenvalue weighted by Crippen LogP contribution is -2.36. The molecule has 0 saturated carbocycles. The number of morpholine rings is 1. The van der Waals surface area contributed by atoms with Crippen molar-refractivity contribution in [2.24, 2.45) is 0 Å². The van der Waals surface area contributed by atoms with E-state index in [9.17, 15) is 0 Å². The second kappa shape index (κ2) is 6.19. The summed E-state index contributed by atoms with van der Waals surface area (Å²) >= 11 is 6.93. The first kappa shape index (κ1) is 12.6. The summed E-state index contributed by atoms with van der Waals surface area (Å²) in [5.74, 6) is 0. The van der Waals surface area contributed by atoms with Crippen molar-refractivity contribution >= 4 is 31.9 Å². The molecule has 3 nitrogen and oxygen atoms in total. The van der Waals surface area contributed by atoms with Crippen molar-refractivity contribution in [3.05, 3.63) is 20.8 Å². The second-order valence-corrected chi connectivity index (χ2v) is 5.66. The fraction of sp³-hybridized carbons (Fsp3) is 0.636. The van der Waals surface area contributed by atoms with Crippen LogP contribution in [-0.2, 0) is 11.2 Å². The van der Waals surface area contributed by atoms with Crippen molar-refractivity contribution in [3.8, 4) is 0 Å². The molecule has 0 aromatic carbocycles. The maximum absolute atomic E-state index is 5.32. The van der Waals surface area contributed by atoms with E-state index >= 15 is 0 Å². The van der Waals surface area contributed by atoms with Gasteiger partial charge in [0.15, 0.2) is 0 Å². The first-order valence-electron chi connectivity index (χ1n) is 5.58. The van der Waals surface area contributed by atoms with Crippen molar-refractivity contribution in [2.45, 2.75) is 12.8 Å². The van der Waals surface area contributed by atoms with Crippen LogP contribution in [0, 0.1) is 0 Å². The van der Waals surface area contributed by atoms with Gasteiger partial charge in [-0.2, -0.15) is 0 Å². The first-order chi connectivity index (χ1) is 7.75. The summed E-state index contributed by atoms with van der Waals surface area (Å²) in [6.45, 7) is 5.10. The predicted molar refractivity (Wildman–Crippen MR) is 71.8 cm³/mol. The molecule has 1 aliphatic rings. The number of halogens is 2. The third-order valence-electron chi connectivity index (χ3n) is 2.81. The normalized spacial score (nSPS) is 17.9. The van der Waals surface area contributed by atoms with Crippen molar-refractivity contribution in [2.75, 3.05) is 32.8 Å². The molecule has 1 aromatic rings. The number of H-pyrrole nitrogens is 1. The van der Waals surface area contributed by atoms with Crippen molar-refractivity contribution < 1.29 is 4.74 Å². The minimum Gasteiger partial charge on any atom is -0.379 e. The second-order valence-electron chi connectivity index (χ2n) is 4.01. The predicted octanol–water partition coefficient (Wildman–Crippen LogP) is 2.80. The monoisotopic (exact) mass is 350 g/mol. The zero-order valence-corrected chi connectivity index (χ0v) is 12.3. The van der Waals surface area contributed by atoms with Gasteiger partial charge in [-0.3, -0.25) is 4.90 Å². The highest BCUT2D eigenvalue weighted by Gasteiger charge is 2.10. The zero-order chi connectivity index (χ0) is 11.4. The number of nitrogens with one attached hydrogen (secondary N) is 1. The largest absolute Gasteiger partial charge is 0.379 e. The van der Waals surface area contributed by atoms with Gasteiger partial charge in [0.25, 0.3) is 0 Å². The van der Waals surface area contributed by atoms with Crippen LogP contribution in [0.1, 0.15) is 12.1 Å². The summed E-state index contributed by atoms with van der Waals surface area (Å²) in [6.07, 6.45) is 2.29. The lowest BCUT2D eigenvalue weighted by Gasteiger charge is -2.26. The molecule has 0 radical (unpaired) electrons. The van der Waals surface area contributed by atoms with Gasteiger partial charge in [-0.15, -0.1) is 0 Å². The number of aromatic nitrogens is 1. The molecule has 0 bridgehead atoms. The van der Waals surface area contributed by atoms with E-state index < -0.39 is 0 Å². The lowest BCUT2D eigenvalue weighted by atomic mass is 10.2. The quantitative estimate of drug-likeness (QED) is 0.903. The average molecular weight is 352 g/mol. The van der Waals surface area contributed by atoms with E-state index in [-0.39, 0.29) is 0 Å². The standard InChI is InChI=1S/C11H16Br2N2O/c12-10-8-9(14-11(10)13)2-1-3-15-4-6-16-7-5-15/h8,14H,1-7H2. The molecule has 1 fully saturated rings. The van der Waals surface area contributed by atoms with E-state index in [4.69, 9.17) is 4.74 Å². The summed E-state index contributed by atoms with van der Waals surface area (Å²) in [7, 11) is 0. The topological polar surface area (TPSA) is 28.3 Å². The zero-order valence-electron chi connectivity index (χ0n) is 9.14. The van der Waals surface area contributed by atoms with Crippen LogP contribution >= 0.6 is 31.9 Å². The Balaban J connectivity index is 1.71. The molecule has 1 N–H and O–H groups in total. The molecule has 0 unspecified atom stereocenters. The van der Waals surface area contributed by atoms with Gasteiger partial charge in [-0.25, -0.2) is 0 Å². The SMILES string of the molecule is Brc1cc(CCCN2CCOCC2)[nH]c1Br. The Morgan fingerprint density at radius 1 is 1.31 bits per heavy atom. The highest BCUT2D eigenvalue weighted by Crippen LogP contribution is 2.23. The summed E-state index contributed by atoms with van der Waals surface area (Å²) in [6, 6.07) is 2.14. The van der Waals surface area contributed by atoms with Crippen molar-refractivity contribution in [1.82, 2.24) is 9.88 Å². The summed E-state index contributed by atoms with van der Waals surface area (Å²) < 4.78 is 7.46. The molecular weight excluding hydrogens is 336 g/mol. The van der Waals surface area contributed by atoms with Crippen LogP contribution in [0.3, 0.4) is 0 Å². The van der Waals surface area contributed by atoms with Crippen LogP contribution in [0.2, 0.25) is 0 Å². The highest BCUT2D eigenvalue weighted by atomic mass is 79.9. The maximum atomic E-state index is 5.32. The molecule has 1 saturated heterocycles. The van der Waals surface area contributed by atoms with E-state index in [0.29, 0.717) is 0 Å². The van der Waals surface area contributed by atoms with Crippen LogP contribution < -0.4 is 0 Å². The van der Waals surface area contributed by atoms with Gasteiger partial charge in [0.05, 0.1) is 17.8 Å². The van der Waals surface area contributed by atoms with Gasteiger partial charge in [-0.05, 0) is 57.3 Å². The highest BCUT2D eigenvalue weighted by molar-refractivity contribution is 9.13. The molecule has 2 heterocycles. The van der Waals surface area contributed by atoms with Gasteiger partial charge in [0.2, 0.25) is 0 Å². The van der Waals surface area contributed by atoms with Gasteiger partial charge >= 0.3 is 0 Å². The van der Waals surface area contributed by atoms with E-state index in [2.05, 4.69) is 47.8 Å². The van der Waals surface area contributed by atoms with E-state index in [0.717, 1.165) is 48.3 Å². The molecule has 16 heavy (non-hydrogen) atoms. The van der Waals surface area contributed by atoms with E-state index in [1.807, 2.05) is 0 Å². The number of aromatic amines is 1. The Morgan fingerprint density at radius 2 is 2.06 bits per heavy atom. The van der Waals surface area contributed by atoms with Crippen LogP contribution in [-0.4, -0.2) is 42.7 Å². The molecule has 1 aromatic heterocycles. The third-order valence-corrected chi connectivity index (χ3v) is 4.59. The first-order valence-corrected chi connectivity index (χ1v) is 7.17. The van der Waals surface area contributed by atoms with Crippen LogP contribution in [0.5, 0.6) is 0 Å². The third kappa shape index (κ3) is 3.58. The van der Waals surface area contributed by atoms with Crippen LogP contribution in [0.25, 0.3) is 0 Å². The Hall–Kier alpha value is 0.160. The van der Waals surface area contributed by atoms with Crippen molar-refractivity contribution in [1.29, 1.82) is 0 Å². The lowest BCUT2D eigenvalue weighted by molar-refractivity contribution is 0.0374. The van der Waals surface area contributed by atoms with E-state index in [1.54, 1.807) is 0 Å². The van der Waals surface area contributed by atoms with Gasteiger partial charge in [0.1, 0.15) is 0 Å². The van der Waals surface area contributed by atoms with Crippen LogP contribution in [0.4, 0.5) is 0 Å². The minimum absolute atomic E-state index is 0.888. The number of aryl methyl sites for hydroxylation is 1. The maximum Gasteiger partial charge on any atom is 0.0966 e. The Morgan fingerprint density at radius 3 is 2.69 bits per heavy atom. The number of hydrogen-bond donors (Lipinski definition) is 1. The van der Waals surface area contributed by atoms with E-state index in [1.165, 1.54) is 12.1 Å². The fourth-order valence-corrected chi connectivity index (χ4v) is 2.65. The molecule has 2 rings (SSSR count). The Labute approximate surface area is 113 Å². The molecule has 90 valence electrons. The molecule has 1 aliphatic heterocycles. The Bertz CT molecular complexity index is 315. The minimum atomic E-state index is 0.888. The molecule has 0 amide bonds. The molecule has 0 spiro atoms. The molecule has 0 atom stereocenters. The summed E-state index contributed by atoms with van der Waals surface area (Å²) in [5, 5.41) is 0. The summed E-state index contributed by atoms with van der Waals surface area (Å²) in [5.41, 5.74) is 1.28. The molecule has 0 aliphatic carbocycles. The molecule has 5 heteroatoms.